The number of rotatable bonds is 4. The molecule has 2 heteroatoms. The fraction of sp³-hybridized carbons (Fsp3) is 0.600. The van der Waals surface area contributed by atoms with E-state index in [0.717, 1.165) is 5.75 Å². The minimum atomic E-state index is 0.0454. The normalized spacial score (nSPS) is 12.0. The van der Waals surface area contributed by atoms with E-state index in [1.807, 2.05) is 0 Å². The molecule has 0 spiro atoms. The molecular formula is C15H25NO. The lowest BCUT2D eigenvalue weighted by molar-refractivity contribution is 0.113. The van der Waals surface area contributed by atoms with E-state index in [-0.39, 0.29) is 5.54 Å². The van der Waals surface area contributed by atoms with Gasteiger partial charge >= 0.3 is 0 Å². The summed E-state index contributed by atoms with van der Waals surface area (Å²) in [4.78, 5) is 2.19. The molecule has 0 aliphatic carbocycles. The zero-order valence-electron chi connectivity index (χ0n) is 12.2. The van der Waals surface area contributed by atoms with E-state index in [2.05, 4.69) is 65.7 Å². The fourth-order valence-electron chi connectivity index (χ4n) is 1.77. The molecule has 0 aliphatic rings. The molecule has 0 aliphatic heterocycles. The topological polar surface area (TPSA) is 12.5 Å². The Kier molecular flexibility index (Phi) is 4.21. The molecule has 0 saturated heterocycles. The predicted octanol–water partition coefficient (Wildman–Crippen LogP) is 3.33. The van der Waals surface area contributed by atoms with E-state index >= 15 is 0 Å². The van der Waals surface area contributed by atoms with Crippen molar-refractivity contribution in [3.8, 4) is 5.75 Å². The van der Waals surface area contributed by atoms with Gasteiger partial charge in [0.15, 0.2) is 0 Å². The molecule has 0 radical (unpaired) electrons. The van der Waals surface area contributed by atoms with Crippen LogP contribution >= 0.6 is 0 Å². The smallest absolute Gasteiger partial charge is 0.125 e. The molecule has 0 N–H and O–H groups in total. The highest BCUT2D eigenvalue weighted by atomic mass is 16.5. The summed E-state index contributed by atoms with van der Waals surface area (Å²) in [5, 5.41) is 0. The minimum Gasteiger partial charge on any atom is -0.491 e. The van der Waals surface area contributed by atoms with Crippen LogP contribution in [0.1, 0.15) is 30.5 Å². The second-order valence-corrected chi connectivity index (χ2v) is 5.72. The highest BCUT2D eigenvalue weighted by Crippen LogP contribution is 2.25. The van der Waals surface area contributed by atoms with Gasteiger partial charge in [-0.05, 0) is 59.8 Å². The predicted molar refractivity (Wildman–Crippen MR) is 73.9 cm³/mol. The van der Waals surface area contributed by atoms with Crippen molar-refractivity contribution in [1.82, 2.24) is 4.90 Å². The Morgan fingerprint density at radius 2 is 1.53 bits per heavy atom. The average Bonchev–Trinajstić information content (AvgIpc) is 2.15. The summed E-state index contributed by atoms with van der Waals surface area (Å²) in [6.07, 6.45) is 0. The molecule has 1 aromatic carbocycles. The second-order valence-electron chi connectivity index (χ2n) is 5.72. The first kappa shape index (κ1) is 14.0. The van der Waals surface area contributed by atoms with Gasteiger partial charge in [0.1, 0.15) is 12.4 Å². The Morgan fingerprint density at radius 3 is 1.94 bits per heavy atom. The van der Waals surface area contributed by atoms with Crippen LogP contribution in [0.4, 0.5) is 0 Å². The summed E-state index contributed by atoms with van der Waals surface area (Å²) >= 11 is 0. The van der Waals surface area contributed by atoms with E-state index in [1.54, 1.807) is 0 Å². The standard InChI is InChI=1S/C15H25NO/c1-11-8-12(2)14(13(3)9-11)17-10-15(4,5)16(6)7/h8-9H,10H2,1-7H3. The van der Waals surface area contributed by atoms with Crippen LogP contribution in [-0.4, -0.2) is 31.1 Å². The van der Waals surface area contributed by atoms with Gasteiger partial charge in [0, 0.05) is 5.54 Å². The van der Waals surface area contributed by atoms with Crippen LogP contribution < -0.4 is 4.74 Å². The van der Waals surface area contributed by atoms with Crippen molar-refractivity contribution in [2.45, 2.75) is 40.2 Å². The highest BCUT2D eigenvalue weighted by Gasteiger charge is 2.22. The average molecular weight is 235 g/mol. The summed E-state index contributed by atoms with van der Waals surface area (Å²) in [7, 11) is 4.16. The van der Waals surface area contributed by atoms with Gasteiger partial charge in [0.2, 0.25) is 0 Å². The molecule has 1 rings (SSSR count). The van der Waals surface area contributed by atoms with Crippen molar-refractivity contribution < 1.29 is 4.74 Å². The number of hydrogen-bond acceptors (Lipinski definition) is 2. The van der Waals surface area contributed by atoms with E-state index < -0.39 is 0 Å². The monoisotopic (exact) mass is 235 g/mol. The first-order chi connectivity index (χ1) is 7.74. The fourth-order valence-corrected chi connectivity index (χ4v) is 1.77. The lowest BCUT2D eigenvalue weighted by Gasteiger charge is -2.32. The summed E-state index contributed by atoms with van der Waals surface area (Å²) in [5.41, 5.74) is 3.78. The maximum Gasteiger partial charge on any atom is 0.125 e. The van der Waals surface area contributed by atoms with Crippen LogP contribution in [-0.2, 0) is 0 Å². The Labute approximate surface area is 106 Å². The number of likely N-dealkylation sites (N-methyl/N-ethyl adjacent to an activating group) is 1. The van der Waals surface area contributed by atoms with Crippen LogP contribution in [0.2, 0.25) is 0 Å². The summed E-state index contributed by atoms with van der Waals surface area (Å²) in [6.45, 7) is 11.4. The van der Waals surface area contributed by atoms with Crippen LogP contribution in [0.5, 0.6) is 5.75 Å². The molecule has 0 atom stereocenters. The van der Waals surface area contributed by atoms with Crippen molar-refractivity contribution in [2.75, 3.05) is 20.7 Å². The van der Waals surface area contributed by atoms with Crippen molar-refractivity contribution in [3.63, 3.8) is 0 Å². The molecule has 0 bridgehead atoms. The van der Waals surface area contributed by atoms with Gasteiger partial charge in [-0.3, -0.25) is 0 Å². The molecule has 0 heterocycles. The molecule has 2 nitrogen and oxygen atoms in total. The molecule has 96 valence electrons. The van der Waals surface area contributed by atoms with Gasteiger partial charge in [-0.1, -0.05) is 17.7 Å². The van der Waals surface area contributed by atoms with Gasteiger partial charge in [-0.15, -0.1) is 0 Å². The molecular weight excluding hydrogens is 210 g/mol. The molecule has 0 fully saturated rings. The van der Waals surface area contributed by atoms with E-state index in [0.29, 0.717) is 6.61 Å². The summed E-state index contributed by atoms with van der Waals surface area (Å²) in [6, 6.07) is 4.34. The summed E-state index contributed by atoms with van der Waals surface area (Å²) < 4.78 is 6.01. The highest BCUT2D eigenvalue weighted by molar-refractivity contribution is 5.42. The zero-order valence-corrected chi connectivity index (χ0v) is 12.2. The Balaban J connectivity index is 2.83. The van der Waals surface area contributed by atoms with Gasteiger partial charge in [-0.2, -0.15) is 0 Å². The first-order valence-corrected chi connectivity index (χ1v) is 6.12. The maximum atomic E-state index is 6.01. The largest absolute Gasteiger partial charge is 0.491 e. The van der Waals surface area contributed by atoms with Crippen molar-refractivity contribution in [3.05, 3.63) is 28.8 Å². The zero-order chi connectivity index (χ0) is 13.2. The van der Waals surface area contributed by atoms with Crippen molar-refractivity contribution in [2.24, 2.45) is 0 Å². The number of nitrogens with zero attached hydrogens (tertiary/aromatic N) is 1. The number of ether oxygens (including phenoxy) is 1. The SMILES string of the molecule is Cc1cc(C)c(OCC(C)(C)N(C)C)c(C)c1. The maximum absolute atomic E-state index is 6.01. The van der Waals surface area contributed by atoms with Crippen LogP contribution in [0, 0.1) is 20.8 Å². The first-order valence-electron chi connectivity index (χ1n) is 6.12. The Bertz CT molecular complexity index is 371. The van der Waals surface area contributed by atoms with Crippen molar-refractivity contribution in [1.29, 1.82) is 0 Å². The lowest BCUT2D eigenvalue weighted by atomic mass is 10.0. The molecule has 1 aromatic rings. The quantitative estimate of drug-likeness (QED) is 0.793. The van der Waals surface area contributed by atoms with E-state index in [1.165, 1.54) is 16.7 Å². The second kappa shape index (κ2) is 5.09. The van der Waals surface area contributed by atoms with E-state index in [9.17, 15) is 0 Å². The summed E-state index contributed by atoms with van der Waals surface area (Å²) in [5.74, 6) is 1.03. The third-order valence-corrected chi connectivity index (χ3v) is 3.39. The number of benzene rings is 1. The van der Waals surface area contributed by atoms with E-state index in [4.69, 9.17) is 4.74 Å². The van der Waals surface area contributed by atoms with Crippen LogP contribution in [0.3, 0.4) is 0 Å². The third-order valence-electron chi connectivity index (χ3n) is 3.39. The molecule has 0 unspecified atom stereocenters. The Hall–Kier alpha value is -1.02. The van der Waals surface area contributed by atoms with Crippen LogP contribution in [0.15, 0.2) is 12.1 Å². The minimum absolute atomic E-state index is 0.0454. The molecule has 17 heavy (non-hydrogen) atoms. The lowest BCUT2D eigenvalue weighted by Crippen LogP contribution is -2.43. The molecule has 0 aromatic heterocycles. The van der Waals surface area contributed by atoms with Gasteiger partial charge in [0.25, 0.3) is 0 Å². The van der Waals surface area contributed by atoms with Gasteiger partial charge in [-0.25, -0.2) is 0 Å². The van der Waals surface area contributed by atoms with Crippen molar-refractivity contribution >= 4 is 0 Å². The molecule has 0 saturated carbocycles. The number of aryl methyl sites for hydroxylation is 3. The number of hydrogen-bond donors (Lipinski definition) is 0. The molecule has 0 amide bonds. The Morgan fingerprint density at radius 1 is 1.06 bits per heavy atom. The van der Waals surface area contributed by atoms with Gasteiger partial charge in [0.05, 0.1) is 0 Å². The van der Waals surface area contributed by atoms with Crippen LogP contribution in [0.25, 0.3) is 0 Å². The van der Waals surface area contributed by atoms with Gasteiger partial charge < -0.3 is 9.64 Å². The third kappa shape index (κ3) is 3.47.